The van der Waals surface area contributed by atoms with Gasteiger partial charge in [-0.1, -0.05) is 54.6 Å². The van der Waals surface area contributed by atoms with E-state index in [1.165, 1.54) is 10.4 Å². The average Bonchev–Trinajstić information content (AvgIpc) is 3.25. The molecule has 0 amide bonds. The third-order valence-electron chi connectivity index (χ3n) is 3.61. The Bertz CT molecular complexity index is 805. The summed E-state index contributed by atoms with van der Waals surface area (Å²) in [6.45, 7) is 0. The van der Waals surface area contributed by atoms with Gasteiger partial charge in [0.15, 0.2) is 0 Å². The summed E-state index contributed by atoms with van der Waals surface area (Å²) < 4.78 is 2.02. The van der Waals surface area contributed by atoms with Crippen LogP contribution in [0.3, 0.4) is 0 Å². The topological polar surface area (TPSA) is 17.8 Å². The largest absolute Gasteiger partial charge is 0.232 e. The molecule has 0 unspecified atom stereocenters. The zero-order chi connectivity index (χ0) is 14.8. The Balaban J connectivity index is 1.96. The minimum atomic E-state index is 1.08. The van der Waals surface area contributed by atoms with Crippen molar-refractivity contribution in [2.45, 2.75) is 0 Å². The van der Waals surface area contributed by atoms with Crippen LogP contribution in [0.5, 0.6) is 0 Å². The van der Waals surface area contributed by atoms with Gasteiger partial charge in [0, 0.05) is 5.56 Å². The van der Waals surface area contributed by atoms with E-state index in [9.17, 15) is 0 Å². The highest BCUT2D eigenvalue weighted by molar-refractivity contribution is 7.13. The standard InChI is InChI=1S/C19H14N2S/c1-3-8-15(9-4-1)17-14-20-21(16-10-5-2-6-11-16)19(17)18-12-7-13-22-18/h1-14H. The number of aromatic nitrogens is 2. The summed E-state index contributed by atoms with van der Waals surface area (Å²) in [6.07, 6.45) is 1.96. The quantitative estimate of drug-likeness (QED) is 0.504. The summed E-state index contributed by atoms with van der Waals surface area (Å²) in [6, 6.07) is 24.9. The Morgan fingerprint density at radius 3 is 2.18 bits per heavy atom. The number of benzene rings is 2. The van der Waals surface area contributed by atoms with Gasteiger partial charge < -0.3 is 0 Å². The van der Waals surface area contributed by atoms with Crippen LogP contribution in [-0.4, -0.2) is 9.78 Å². The van der Waals surface area contributed by atoms with E-state index in [0.29, 0.717) is 0 Å². The van der Waals surface area contributed by atoms with Gasteiger partial charge in [0.25, 0.3) is 0 Å². The molecule has 4 aromatic rings. The smallest absolute Gasteiger partial charge is 0.0919 e. The third kappa shape index (κ3) is 2.26. The van der Waals surface area contributed by atoms with Gasteiger partial charge in [-0.15, -0.1) is 11.3 Å². The zero-order valence-electron chi connectivity index (χ0n) is 11.9. The summed E-state index contributed by atoms with van der Waals surface area (Å²) in [7, 11) is 0. The second kappa shape index (κ2) is 5.62. The first-order valence-electron chi connectivity index (χ1n) is 7.16. The van der Waals surface area contributed by atoms with Gasteiger partial charge >= 0.3 is 0 Å². The van der Waals surface area contributed by atoms with Crippen molar-refractivity contribution in [3.05, 3.63) is 84.4 Å². The maximum atomic E-state index is 4.64. The average molecular weight is 302 g/mol. The van der Waals surface area contributed by atoms with Gasteiger partial charge in [-0.25, -0.2) is 4.68 Å². The van der Waals surface area contributed by atoms with Crippen LogP contribution < -0.4 is 0 Å². The van der Waals surface area contributed by atoms with Crippen LogP contribution >= 0.6 is 11.3 Å². The minimum Gasteiger partial charge on any atom is -0.232 e. The lowest BCUT2D eigenvalue weighted by atomic mass is 10.1. The highest BCUT2D eigenvalue weighted by atomic mass is 32.1. The van der Waals surface area contributed by atoms with Crippen molar-refractivity contribution in [2.24, 2.45) is 0 Å². The van der Waals surface area contributed by atoms with Crippen molar-refractivity contribution in [3.63, 3.8) is 0 Å². The Labute approximate surface area is 133 Å². The fourth-order valence-electron chi connectivity index (χ4n) is 2.59. The molecule has 0 atom stereocenters. The molecule has 0 saturated heterocycles. The van der Waals surface area contributed by atoms with Gasteiger partial charge in [0.05, 0.1) is 22.5 Å². The van der Waals surface area contributed by atoms with E-state index in [0.717, 1.165) is 16.9 Å². The lowest BCUT2D eigenvalue weighted by molar-refractivity contribution is 0.890. The predicted octanol–water partition coefficient (Wildman–Crippen LogP) is 5.27. The lowest BCUT2D eigenvalue weighted by Gasteiger charge is -2.08. The van der Waals surface area contributed by atoms with Crippen LogP contribution in [0, 0.1) is 0 Å². The highest BCUT2D eigenvalue weighted by Crippen LogP contribution is 2.36. The van der Waals surface area contributed by atoms with Gasteiger partial charge in [-0.05, 0) is 29.1 Å². The molecule has 2 heterocycles. The van der Waals surface area contributed by atoms with Crippen LogP contribution in [0.4, 0.5) is 0 Å². The van der Waals surface area contributed by atoms with Crippen molar-refractivity contribution >= 4 is 11.3 Å². The van der Waals surface area contributed by atoms with Crippen LogP contribution in [0.25, 0.3) is 27.4 Å². The molecule has 4 rings (SSSR count). The molecular weight excluding hydrogens is 288 g/mol. The SMILES string of the molecule is c1ccc(-c2cnn(-c3ccccc3)c2-c2cccs2)cc1. The van der Waals surface area contributed by atoms with E-state index in [1.807, 2.05) is 35.1 Å². The molecule has 0 spiro atoms. The Morgan fingerprint density at radius 1 is 0.773 bits per heavy atom. The van der Waals surface area contributed by atoms with Crippen LogP contribution in [0.1, 0.15) is 0 Å². The molecule has 0 N–H and O–H groups in total. The summed E-state index contributed by atoms with van der Waals surface area (Å²) in [4.78, 5) is 1.22. The maximum absolute atomic E-state index is 4.64. The van der Waals surface area contributed by atoms with E-state index < -0.39 is 0 Å². The van der Waals surface area contributed by atoms with Crippen molar-refractivity contribution in [2.75, 3.05) is 0 Å². The number of rotatable bonds is 3. The molecule has 0 radical (unpaired) electrons. The van der Waals surface area contributed by atoms with Gasteiger partial charge in [0.1, 0.15) is 0 Å². The summed E-state index contributed by atoms with van der Waals surface area (Å²) in [5.41, 5.74) is 4.57. The summed E-state index contributed by atoms with van der Waals surface area (Å²) in [5, 5.41) is 6.75. The first-order chi connectivity index (χ1) is 10.9. The Morgan fingerprint density at radius 2 is 1.50 bits per heavy atom. The van der Waals surface area contributed by atoms with E-state index in [1.54, 1.807) is 11.3 Å². The number of hydrogen-bond acceptors (Lipinski definition) is 2. The molecule has 0 saturated carbocycles. The molecule has 106 valence electrons. The van der Waals surface area contributed by atoms with E-state index in [2.05, 4.69) is 59.0 Å². The molecule has 2 aromatic carbocycles. The summed E-state index contributed by atoms with van der Waals surface area (Å²) >= 11 is 1.74. The maximum Gasteiger partial charge on any atom is 0.0919 e. The fraction of sp³-hybridized carbons (Fsp3) is 0. The van der Waals surface area contributed by atoms with Gasteiger partial charge in [0.2, 0.25) is 0 Å². The minimum absolute atomic E-state index is 1.08. The number of nitrogens with zero attached hydrogens (tertiary/aromatic N) is 2. The third-order valence-corrected chi connectivity index (χ3v) is 4.49. The second-order valence-corrected chi connectivity index (χ2v) is 5.95. The molecular formula is C19H14N2S. The van der Waals surface area contributed by atoms with Crippen molar-refractivity contribution in [1.29, 1.82) is 0 Å². The van der Waals surface area contributed by atoms with Crippen molar-refractivity contribution in [3.8, 4) is 27.4 Å². The van der Waals surface area contributed by atoms with Crippen molar-refractivity contribution in [1.82, 2.24) is 9.78 Å². The first kappa shape index (κ1) is 13.0. The van der Waals surface area contributed by atoms with Gasteiger partial charge in [-0.3, -0.25) is 0 Å². The predicted molar refractivity (Wildman–Crippen MR) is 92.3 cm³/mol. The normalized spacial score (nSPS) is 10.7. The second-order valence-electron chi connectivity index (χ2n) is 5.00. The zero-order valence-corrected chi connectivity index (χ0v) is 12.7. The Hall–Kier alpha value is -2.65. The van der Waals surface area contributed by atoms with Gasteiger partial charge in [-0.2, -0.15) is 5.10 Å². The molecule has 22 heavy (non-hydrogen) atoms. The molecule has 0 aliphatic rings. The van der Waals surface area contributed by atoms with Crippen LogP contribution in [-0.2, 0) is 0 Å². The highest BCUT2D eigenvalue weighted by Gasteiger charge is 2.16. The Kier molecular flexibility index (Phi) is 3.33. The molecule has 2 nitrogen and oxygen atoms in total. The molecule has 2 aromatic heterocycles. The van der Waals surface area contributed by atoms with E-state index in [-0.39, 0.29) is 0 Å². The summed E-state index contributed by atoms with van der Waals surface area (Å²) in [5.74, 6) is 0. The first-order valence-corrected chi connectivity index (χ1v) is 8.04. The monoisotopic (exact) mass is 302 g/mol. The van der Waals surface area contributed by atoms with E-state index >= 15 is 0 Å². The molecule has 0 aliphatic heterocycles. The number of hydrogen-bond donors (Lipinski definition) is 0. The van der Waals surface area contributed by atoms with Crippen LogP contribution in [0.2, 0.25) is 0 Å². The molecule has 0 aliphatic carbocycles. The van der Waals surface area contributed by atoms with Crippen molar-refractivity contribution < 1.29 is 0 Å². The van der Waals surface area contributed by atoms with E-state index in [4.69, 9.17) is 0 Å². The molecule has 0 fully saturated rings. The van der Waals surface area contributed by atoms with Crippen LogP contribution in [0.15, 0.2) is 84.4 Å². The fourth-order valence-corrected chi connectivity index (χ4v) is 3.36. The number of para-hydroxylation sites is 1. The molecule has 0 bridgehead atoms. The lowest BCUT2D eigenvalue weighted by Crippen LogP contribution is -1.98. The molecule has 3 heteroatoms. The number of thiophene rings is 1.